The van der Waals surface area contributed by atoms with Gasteiger partial charge in [0, 0.05) is 32.2 Å². The first-order chi connectivity index (χ1) is 14.4. The predicted molar refractivity (Wildman–Crippen MR) is 114 cm³/mol. The second-order valence-electron chi connectivity index (χ2n) is 9.36. The van der Waals surface area contributed by atoms with Crippen molar-refractivity contribution in [2.45, 2.75) is 53.0 Å². The molecule has 3 heterocycles. The molecule has 1 atom stereocenters. The highest BCUT2D eigenvalue weighted by Gasteiger charge is 2.49. The van der Waals surface area contributed by atoms with E-state index in [0.717, 1.165) is 43.5 Å². The van der Waals surface area contributed by atoms with Crippen LogP contribution in [0.25, 0.3) is 0 Å². The lowest BCUT2D eigenvalue weighted by atomic mass is 9.78. The smallest absolute Gasteiger partial charge is 0.292 e. The summed E-state index contributed by atoms with van der Waals surface area (Å²) in [7, 11) is 0. The third kappa shape index (κ3) is 4.13. The summed E-state index contributed by atoms with van der Waals surface area (Å²) in [6.45, 7) is 8.76. The zero-order chi connectivity index (χ0) is 21.3. The van der Waals surface area contributed by atoms with Gasteiger partial charge in [0.05, 0.1) is 11.1 Å². The average Bonchev–Trinajstić information content (AvgIpc) is 3.33. The molecule has 1 aromatic heterocycles. The quantitative estimate of drug-likeness (QED) is 0.753. The van der Waals surface area contributed by atoms with Crippen LogP contribution in [0.3, 0.4) is 0 Å². The molecule has 0 saturated carbocycles. The van der Waals surface area contributed by atoms with Crippen molar-refractivity contribution in [2.24, 2.45) is 11.3 Å². The third-order valence-corrected chi connectivity index (χ3v) is 6.31. The number of amides is 2. The average molecular weight is 410 g/mol. The highest BCUT2D eigenvalue weighted by Crippen LogP contribution is 2.41. The zero-order valence-corrected chi connectivity index (χ0v) is 18.2. The largest absolute Gasteiger partial charge is 0.351 e. The number of rotatable bonds is 5. The summed E-state index contributed by atoms with van der Waals surface area (Å²) >= 11 is 0. The number of likely N-dealkylation sites (tertiary alicyclic amines) is 2. The molecule has 2 fully saturated rings. The maximum atomic E-state index is 13.4. The van der Waals surface area contributed by atoms with Crippen LogP contribution in [0.1, 0.15) is 60.5 Å². The van der Waals surface area contributed by atoms with Gasteiger partial charge in [-0.2, -0.15) is 0 Å². The zero-order valence-electron chi connectivity index (χ0n) is 18.2. The monoisotopic (exact) mass is 409 g/mol. The van der Waals surface area contributed by atoms with E-state index in [1.807, 2.05) is 11.0 Å². The molecule has 4 rings (SSSR count). The topological polar surface area (TPSA) is 66.7 Å². The Morgan fingerprint density at radius 2 is 2.07 bits per heavy atom. The predicted octanol–water partition coefficient (Wildman–Crippen LogP) is 3.84. The van der Waals surface area contributed by atoms with Crippen molar-refractivity contribution in [3.8, 4) is 0 Å². The van der Waals surface area contributed by atoms with Gasteiger partial charge in [0.1, 0.15) is 0 Å². The maximum Gasteiger partial charge on any atom is 0.292 e. The molecule has 0 bridgehead atoms. The Kier molecular flexibility index (Phi) is 5.67. The maximum absolute atomic E-state index is 13.4. The second-order valence-corrected chi connectivity index (χ2v) is 9.36. The van der Waals surface area contributed by atoms with Gasteiger partial charge in [-0.05, 0) is 44.1 Å². The van der Waals surface area contributed by atoms with Gasteiger partial charge in [-0.15, -0.1) is 0 Å². The molecule has 2 saturated heterocycles. The van der Waals surface area contributed by atoms with Crippen LogP contribution in [0.2, 0.25) is 0 Å². The molecular weight excluding hydrogens is 378 g/mol. The van der Waals surface area contributed by atoms with E-state index in [0.29, 0.717) is 25.6 Å². The first-order valence-electron chi connectivity index (χ1n) is 11.0. The molecule has 0 aliphatic carbocycles. The van der Waals surface area contributed by atoms with Crippen LogP contribution in [0.15, 0.2) is 34.9 Å². The van der Waals surface area contributed by atoms with Crippen molar-refractivity contribution in [1.29, 1.82) is 0 Å². The summed E-state index contributed by atoms with van der Waals surface area (Å²) in [5.41, 5.74) is 2.71. The van der Waals surface area contributed by atoms with Crippen molar-refractivity contribution >= 4 is 11.8 Å². The molecule has 2 aliphatic rings. The molecule has 0 N–H and O–H groups in total. The molecule has 160 valence electrons. The molecule has 6 heteroatoms. The van der Waals surface area contributed by atoms with Gasteiger partial charge in [-0.3, -0.25) is 9.59 Å². The number of aryl methyl sites for hydroxylation is 1. The van der Waals surface area contributed by atoms with Crippen LogP contribution in [0.4, 0.5) is 0 Å². The van der Waals surface area contributed by atoms with Crippen LogP contribution in [0, 0.1) is 18.3 Å². The van der Waals surface area contributed by atoms with Crippen LogP contribution in [-0.2, 0) is 17.8 Å². The Balaban J connectivity index is 1.44. The number of hydrogen-bond donors (Lipinski definition) is 0. The standard InChI is InChI=1S/C24H31N3O3/c1-17(2)12-20-14-21(30-25-20)22(28)27-11-9-24(16-27)8-5-10-26(23(24)29)15-19-7-4-6-18(3)13-19/h4,6-7,13-14,17H,5,8-12,15-16H2,1-3H3/t24-/m1/s1. The van der Waals surface area contributed by atoms with E-state index < -0.39 is 5.41 Å². The summed E-state index contributed by atoms with van der Waals surface area (Å²) in [6, 6.07) is 10.1. The number of nitrogens with zero attached hydrogens (tertiary/aromatic N) is 3. The summed E-state index contributed by atoms with van der Waals surface area (Å²) in [4.78, 5) is 30.1. The molecule has 0 unspecified atom stereocenters. The van der Waals surface area contributed by atoms with E-state index >= 15 is 0 Å². The molecule has 30 heavy (non-hydrogen) atoms. The number of hydrogen-bond acceptors (Lipinski definition) is 4. The number of carbonyl (C=O) groups is 2. The molecule has 1 aromatic carbocycles. The highest BCUT2D eigenvalue weighted by molar-refractivity contribution is 5.93. The Labute approximate surface area is 178 Å². The summed E-state index contributed by atoms with van der Waals surface area (Å²) < 4.78 is 5.32. The minimum Gasteiger partial charge on any atom is -0.351 e. The van der Waals surface area contributed by atoms with E-state index in [9.17, 15) is 9.59 Å². The molecule has 2 aliphatic heterocycles. The first kappa shape index (κ1) is 20.6. The Hall–Kier alpha value is -2.63. The van der Waals surface area contributed by atoms with Crippen molar-refractivity contribution in [1.82, 2.24) is 15.0 Å². The van der Waals surface area contributed by atoms with E-state index in [1.54, 1.807) is 11.0 Å². The van der Waals surface area contributed by atoms with Gasteiger partial charge >= 0.3 is 0 Å². The minimum atomic E-state index is -0.460. The van der Waals surface area contributed by atoms with E-state index in [4.69, 9.17) is 4.52 Å². The van der Waals surface area contributed by atoms with Crippen LogP contribution >= 0.6 is 0 Å². The minimum absolute atomic E-state index is 0.155. The van der Waals surface area contributed by atoms with Gasteiger partial charge < -0.3 is 14.3 Å². The molecule has 2 amide bonds. The number of aromatic nitrogens is 1. The number of carbonyl (C=O) groups excluding carboxylic acids is 2. The van der Waals surface area contributed by atoms with Gasteiger partial charge in [-0.1, -0.05) is 48.8 Å². The van der Waals surface area contributed by atoms with E-state index in [1.165, 1.54) is 5.56 Å². The van der Waals surface area contributed by atoms with Crippen molar-refractivity contribution < 1.29 is 14.1 Å². The highest BCUT2D eigenvalue weighted by atomic mass is 16.5. The third-order valence-electron chi connectivity index (χ3n) is 6.31. The van der Waals surface area contributed by atoms with Gasteiger partial charge in [-0.25, -0.2) is 0 Å². The fourth-order valence-corrected chi connectivity index (χ4v) is 4.84. The lowest BCUT2D eigenvalue weighted by Gasteiger charge is -2.39. The number of piperidine rings is 1. The molecular formula is C24H31N3O3. The SMILES string of the molecule is Cc1cccc(CN2CCC[C@]3(CCN(C(=O)c4cc(CC(C)C)no4)C3)C2=O)c1. The van der Waals surface area contributed by atoms with Crippen molar-refractivity contribution in [2.75, 3.05) is 19.6 Å². The molecule has 1 spiro atoms. The normalized spacial score (nSPS) is 21.8. The summed E-state index contributed by atoms with van der Waals surface area (Å²) in [5, 5.41) is 4.04. The molecule has 6 nitrogen and oxygen atoms in total. The van der Waals surface area contributed by atoms with Crippen molar-refractivity contribution in [3.05, 3.63) is 52.9 Å². The molecule has 0 radical (unpaired) electrons. The van der Waals surface area contributed by atoms with E-state index in [2.05, 4.69) is 44.1 Å². The Bertz CT molecular complexity index is 935. The van der Waals surface area contributed by atoms with Crippen LogP contribution < -0.4 is 0 Å². The van der Waals surface area contributed by atoms with Crippen LogP contribution in [0.5, 0.6) is 0 Å². The van der Waals surface area contributed by atoms with Crippen molar-refractivity contribution in [3.63, 3.8) is 0 Å². The van der Waals surface area contributed by atoms with Crippen LogP contribution in [-0.4, -0.2) is 46.4 Å². The first-order valence-corrected chi connectivity index (χ1v) is 11.0. The van der Waals surface area contributed by atoms with Gasteiger partial charge in [0.2, 0.25) is 11.7 Å². The summed E-state index contributed by atoms with van der Waals surface area (Å²) in [5.74, 6) is 0.761. The van der Waals surface area contributed by atoms with Gasteiger partial charge in [0.15, 0.2) is 0 Å². The van der Waals surface area contributed by atoms with E-state index in [-0.39, 0.29) is 17.6 Å². The lowest BCUT2D eigenvalue weighted by Crippen LogP contribution is -2.50. The molecule has 2 aromatic rings. The Morgan fingerprint density at radius 3 is 2.83 bits per heavy atom. The number of benzene rings is 1. The lowest BCUT2D eigenvalue weighted by molar-refractivity contribution is -0.146. The Morgan fingerprint density at radius 1 is 1.23 bits per heavy atom. The van der Waals surface area contributed by atoms with Gasteiger partial charge in [0.25, 0.3) is 5.91 Å². The second kappa shape index (κ2) is 8.25. The fraction of sp³-hybridized carbons (Fsp3) is 0.542. The fourth-order valence-electron chi connectivity index (χ4n) is 4.84. The summed E-state index contributed by atoms with van der Waals surface area (Å²) in [6.07, 6.45) is 3.32.